The molecule has 4 rings (SSSR count). The summed E-state index contributed by atoms with van der Waals surface area (Å²) in [4.78, 5) is 14.7. The summed E-state index contributed by atoms with van der Waals surface area (Å²) in [6.45, 7) is 4.54. The molecule has 166 valence electrons. The molecule has 0 spiro atoms. The van der Waals surface area contributed by atoms with E-state index in [1.807, 2.05) is 55.1 Å². The summed E-state index contributed by atoms with van der Waals surface area (Å²) >= 11 is 1.97. The smallest absolute Gasteiger partial charge is 0.319 e. The fraction of sp³-hybridized carbons (Fsp3) is 0.409. The predicted molar refractivity (Wildman–Crippen MR) is 129 cm³/mol. The summed E-state index contributed by atoms with van der Waals surface area (Å²) in [7, 11) is -3.48. The van der Waals surface area contributed by atoms with E-state index in [2.05, 4.69) is 21.6 Å². The Morgan fingerprint density at radius 1 is 1.10 bits per heavy atom. The Balaban J connectivity index is 1.29. The number of nitrogens with zero attached hydrogens (tertiary/aromatic N) is 2. The number of hydrogen-bond acceptors (Lipinski definition) is 5. The van der Waals surface area contributed by atoms with E-state index in [1.165, 1.54) is 9.99 Å². The molecule has 2 aromatic rings. The van der Waals surface area contributed by atoms with Crippen LogP contribution in [0.25, 0.3) is 0 Å². The third-order valence-corrected chi connectivity index (χ3v) is 8.37. The van der Waals surface area contributed by atoms with Crippen LogP contribution in [0.4, 0.5) is 21.9 Å². The molecule has 1 fully saturated rings. The van der Waals surface area contributed by atoms with E-state index in [0.29, 0.717) is 6.54 Å². The topological polar surface area (TPSA) is 81.8 Å². The first kappa shape index (κ1) is 21.8. The van der Waals surface area contributed by atoms with Crippen LogP contribution in [0.5, 0.6) is 0 Å². The molecule has 0 radical (unpaired) electrons. The van der Waals surface area contributed by atoms with E-state index in [4.69, 9.17) is 0 Å². The molecule has 9 heteroatoms. The van der Waals surface area contributed by atoms with Crippen LogP contribution in [0.3, 0.4) is 0 Å². The van der Waals surface area contributed by atoms with E-state index in [1.54, 1.807) is 0 Å². The lowest BCUT2D eigenvalue weighted by Crippen LogP contribution is -2.38. The maximum Gasteiger partial charge on any atom is 0.319 e. The maximum atomic E-state index is 12.7. The van der Waals surface area contributed by atoms with Gasteiger partial charge in [-0.2, -0.15) is 11.8 Å². The Kier molecular flexibility index (Phi) is 6.62. The minimum atomic E-state index is -3.48. The number of hydrogen-bond donors (Lipinski definition) is 2. The quantitative estimate of drug-likeness (QED) is 0.693. The molecule has 2 heterocycles. The minimum absolute atomic E-state index is 0.0510. The molecule has 0 saturated carbocycles. The highest BCUT2D eigenvalue weighted by molar-refractivity contribution is 7.99. The molecule has 2 aliphatic heterocycles. The van der Waals surface area contributed by atoms with Gasteiger partial charge in [0.25, 0.3) is 0 Å². The van der Waals surface area contributed by atoms with E-state index >= 15 is 0 Å². The molecular weight excluding hydrogens is 432 g/mol. The average molecular weight is 461 g/mol. The maximum absolute atomic E-state index is 12.7. The Labute approximate surface area is 188 Å². The number of sulfonamides is 1. The number of amides is 2. The molecule has 0 unspecified atom stereocenters. The van der Waals surface area contributed by atoms with Gasteiger partial charge in [0.15, 0.2) is 0 Å². The molecule has 0 bridgehead atoms. The number of urea groups is 1. The first-order chi connectivity index (χ1) is 14.9. The Morgan fingerprint density at radius 3 is 2.65 bits per heavy atom. The fourth-order valence-corrected chi connectivity index (χ4v) is 6.30. The Hall–Kier alpha value is -2.39. The van der Waals surface area contributed by atoms with Crippen LogP contribution >= 0.6 is 11.8 Å². The molecule has 31 heavy (non-hydrogen) atoms. The average Bonchev–Trinajstić information content (AvgIpc) is 3.21. The number of anilines is 3. The first-order valence-corrected chi connectivity index (χ1v) is 13.3. The zero-order chi connectivity index (χ0) is 21.8. The van der Waals surface area contributed by atoms with E-state index in [-0.39, 0.29) is 12.3 Å². The van der Waals surface area contributed by atoms with Crippen molar-refractivity contribution in [1.29, 1.82) is 0 Å². The first-order valence-electron chi connectivity index (χ1n) is 10.5. The standard InChI is InChI=1S/C22H28N4O3S2/c1-17-16-19(25-11-13-30-14-12-25)6-7-20(17)24-22(27)23-9-15-31(28,29)26-10-8-18-4-2-3-5-21(18)26/h2-7,16H,8-15H2,1H3,(H2,23,24,27). The third kappa shape index (κ3) is 5.10. The van der Waals surface area contributed by atoms with Gasteiger partial charge in [-0.05, 0) is 48.7 Å². The highest BCUT2D eigenvalue weighted by Crippen LogP contribution is 2.30. The van der Waals surface area contributed by atoms with Crippen molar-refractivity contribution in [3.05, 3.63) is 53.6 Å². The van der Waals surface area contributed by atoms with Gasteiger partial charge in [0.2, 0.25) is 10.0 Å². The van der Waals surface area contributed by atoms with Crippen LogP contribution < -0.4 is 19.8 Å². The molecule has 1 saturated heterocycles. The van der Waals surface area contributed by atoms with Crippen molar-refractivity contribution < 1.29 is 13.2 Å². The minimum Gasteiger partial charge on any atom is -0.370 e. The van der Waals surface area contributed by atoms with Crippen molar-refractivity contribution in [3.8, 4) is 0 Å². The van der Waals surface area contributed by atoms with Crippen molar-refractivity contribution in [2.75, 3.05) is 58.0 Å². The molecule has 2 N–H and O–H groups in total. The van der Waals surface area contributed by atoms with Crippen LogP contribution in [-0.2, 0) is 16.4 Å². The highest BCUT2D eigenvalue weighted by atomic mass is 32.2. The summed E-state index contributed by atoms with van der Waals surface area (Å²) in [5, 5.41) is 5.50. The zero-order valence-corrected chi connectivity index (χ0v) is 19.3. The van der Waals surface area contributed by atoms with Crippen LogP contribution in [0, 0.1) is 6.92 Å². The van der Waals surface area contributed by atoms with Crippen molar-refractivity contribution in [2.45, 2.75) is 13.3 Å². The van der Waals surface area contributed by atoms with Gasteiger partial charge >= 0.3 is 6.03 Å². The number of carbonyl (C=O) groups is 1. The molecule has 0 atom stereocenters. The molecule has 7 nitrogen and oxygen atoms in total. The summed E-state index contributed by atoms with van der Waals surface area (Å²) in [5.41, 5.74) is 4.66. The van der Waals surface area contributed by atoms with Gasteiger partial charge in [0.1, 0.15) is 0 Å². The lowest BCUT2D eigenvalue weighted by Gasteiger charge is -2.29. The predicted octanol–water partition coefficient (Wildman–Crippen LogP) is 3.06. The number of para-hydroxylation sites is 1. The number of rotatable bonds is 6. The monoisotopic (exact) mass is 460 g/mol. The van der Waals surface area contributed by atoms with Crippen molar-refractivity contribution in [3.63, 3.8) is 0 Å². The number of fused-ring (bicyclic) bond motifs is 1. The van der Waals surface area contributed by atoms with Crippen LogP contribution in [0.15, 0.2) is 42.5 Å². The van der Waals surface area contributed by atoms with E-state index in [0.717, 1.165) is 53.5 Å². The van der Waals surface area contributed by atoms with Crippen molar-refractivity contribution in [2.24, 2.45) is 0 Å². The van der Waals surface area contributed by atoms with Gasteiger partial charge in [0.05, 0.1) is 11.4 Å². The highest BCUT2D eigenvalue weighted by Gasteiger charge is 2.28. The SMILES string of the molecule is Cc1cc(N2CCSCC2)ccc1NC(=O)NCCS(=O)(=O)N1CCc2ccccc21. The second-order valence-corrected chi connectivity index (χ2v) is 11.0. The summed E-state index contributed by atoms with van der Waals surface area (Å²) in [5.74, 6) is 2.13. The van der Waals surface area contributed by atoms with Gasteiger partial charge in [0, 0.05) is 49.1 Å². The third-order valence-electron chi connectivity index (χ3n) is 5.66. The van der Waals surface area contributed by atoms with Gasteiger partial charge < -0.3 is 15.5 Å². The normalized spacial score (nSPS) is 16.2. The van der Waals surface area contributed by atoms with Crippen molar-refractivity contribution in [1.82, 2.24) is 5.32 Å². The van der Waals surface area contributed by atoms with Crippen molar-refractivity contribution >= 4 is 44.9 Å². The van der Waals surface area contributed by atoms with Gasteiger partial charge in [-0.3, -0.25) is 4.31 Å². The molecule has 2 aromatic carbocycles. The van der Waals surface area contributed by atoms with Crippen LogP contribution in [0.1, 0.15) is 11.1 Å². The molecule has 2 amide bonds. The van der Waals surface area contributed by atoms with Crippen LogP contribution in [-0.4, -0.2) is 57.9 Å². The molecular formula is C22H28N4O3S2. The van der Waals surface area contributed by atoms with E-state index in [9.17, 15) is 13.2 Å². The summed E-state index contributed by atoms with van der Waals surface area (Å²) < 4.78 is 26.9. The van der Waals surface area contributed by atoms with Crippen LogP contribution in [0.2, 0.25) is 0 Å². The Bertz CT molecular complexity index is 1050. The lowest BCUT2D eigenvalue weighted by atomic mass is 10.1. The second-order valence-electron chi connectivity index (χ2n) is 7.75. The van der Waals surface area contributed by atoms with Gasteiger partial charge in [-0.15, -0.1) is 0 Å². The Morgan fingerprint density at radius 2 is 1.87 bits per heavy atom. The number of carbonyl (C=O) groups excluding carboxylic acids is 1. The molecule has 2 aliphatic rings. The number of aryl methyl sites for hydroxylation is 1. The van der Waals surface area contributed by atoms with Gasteiger partial charge in [-0.25, -0.2) is 13.2 Å². The van der Waals surface area contributed by atoms with Gasteiger partial charge in [-0.1, -0.05) is 18.2 Å². The second kappa shape index (κ2) is 9.40. The molecule has 0 aromatic heterocycles. The number of benzene rings is 2. The lowest BCUT2D eigenvalue weighted by molar-refractivity contribution is 0.252. The zero-order valence-electron chi connectivity index (χ0n) is 17.6. The summed E-state index contributed by atoms with van der Waals surface area (Å²) in [6.07, 6.45) is 0.717. The largest absolute Gasteiger partial charge is 0.370 e. The fourth-order valence-electron chi connectivity index (χ4n) is 3.97. The number of nitrogens with one attached hydrogen (secondary N) is 2. The number of thioether (sulfide) groups is 1. The molecule has 0 aliphatic carbocycles. The summed E-state index contributed by atoms with van der Waals surface area (Å²) in [6, 6.07) is 13.2. The van der Waals surface area contributed by atoms with E-state index < -0.39 is 16.1 Å².